The van der Waals surface area contributed by atoms with Gasteiger partial charge in [-0.2, -0.15) is 0 Å². The van der Waals surface area contributed by atoms with Gasteiger partial charge in [0.1, 0.15) is 0 Å². The lowest BCUT2D eigenvalue weighted by Crippen LogP contribution is -2.36. The van der Waals surface area contributed by atoms with Gasteiger partial charge in [0.05, 0.1) is 19.0 Å². The predicted molar refractivity (Wildman–Crippen MR) is 104 cm³/mol. The molecule has 0 fully saturated rings. The lowest BCUT2D eigenvalue weighted by Gasteiger charge is -2.35. The Morgan fingerprint density at radius 3 is 2.40 bits per heavy atom. The SMILES string of the molecule is COC(=O)Cc1c(C)nc2ccccc2c1NC(C)(C)CC(C)(C)C. The molecule has 4 nitrogen and oxygen atoms in total. The molecule has 0 bridgehead atoms. The molecule has 2 rings (SSSR count). The third-order valence-electron chi connectivity index (χ3n) is 4.18. The van der Waals surface area contributed by atoms with Crippen molar-refractivity contribution in [3.8, 4) is 0 Å². The Kier molecular flexibility index (Phi) is 5.40. The minimum absolute atomic E-state index is 0.125. The highest BCUT2D eigenvalue weighted by atomic mass is 16.5. The topological polar surface area (TPSA) is 51.2 Å². The van der Waals surface area contributed by atoms with Crippen molar-refractivity contribution in [2.24, 2.45) is 5.41 Å². The molecule has 1 aromatic carbocycles. The first kappa shape index (κ1) is 19.2. The summed E-state index contributed by atoms with van der Waals surface area (Å²) in [6.45, 7) is 13.1. The first-order valence-electron chi connectivity index (χ1n) is 8.76. The van der Waals surface area contributed by atoms with Crippen molar-refractivity contribution < 1.29 is 9.53 Å². The average molecular weight is 342 g/mol. The van der Waals surface area contributed by atoms with Gasteiger partial charge in [0.2, 0.25) is 0 Å². The third kappa shape index (κ3) is 4.94. The van der Waals surface area contributed by atoms with Crippen LogP contribution in [0.1, 0.15) is 52.3 Å². The number of nitrogens with zero attached hydrogens (tertiary/aromatic N) is 1. The molecule has 4 heteroatoms. The number of para-hydroxylation sites is 1. The molecule has 1 N–H and O–H groups in total. The Bertz CT molecular complexity index is 773. The van der Waals surface area contributed by atoms with Crippen molar-refractivity contribution in [3.63, 3.8) is 0 Å². The normalized spacial score (nSPS) is 12.3. The second-order valence-electron chi connectivity index (χ2n) is 8.57. The summed E-state index contributed by atoms with van der Waals surface area (Å²) in [5.74, 6) is -0.253. The number of pyridine rings is 1. The molecule has 0 atom stereocenters. The summed E-state index contributed by atoms with van der Waals surface area (Å²) in [4.78, 5) is 16.6. The number of fused-ring (bicyclic) bond motifs is 1. The maximum absolute atomic E-state index is 11.9. The van der Waals surface area contributed by atoms with E-state index in [1.807, 2.05) is 25.1 Å². The summed E-state index contributed by atoms with van der Waals surface area (Å²) in [7, 11) is 1.42. The van der Waals surface area contributed by atoms with E-state index in [0.29, 0.717) is 0 Å². The first-order chi connectivity index (χ1) is 11.5. The molecule has 0 aliphatic carbocycles. The summed E-state index contributed by atoms with van der Waals surface area (Å²) in [5.41, 5.74) is 3.76. The molecule has 0 amide bonds. The number of anilines is 1. The number of carbonyl (C=O) groups is 1. The van der Waals surface area contributed by atoms with Crippen LogP contribution < -0.4 is 5.32 Å². The monoisotopic (exact) mass is 342 g/mol. The molecule has 0 saturated heterocycles. The maximum Gasteiger partial charge on any atom is 0.310 e. The Labute approximate surface area is 151 Å². The van der Waals surface area contributed by atoms with Gasteiger partial charge in [-0.15, -0.1) is 0 Å². The number of hydrogen-bond acceptors (Lipinski definition) is 4. The molecule has 1 aromatic heterocycles. The van der Waals surface area contributed by atoms with Crippen LogP contribution in [0.4, 0.5) is 5.69 Å². The fraction of sp³-hybridized carbons (Fsp3) is 0.524. The van der Waals surface area contributed by atoms with Crippen LogP contribution >= 0.6 is 0 Å². The van der Waals surface area contributed by atoms with Crippen LogP contribution in [-0.2, 0) is 16.0 Å². The second kappa shape index (κ2) is 7.03. The molecular weight excluding hydrogens is 312 g/mol. The molecule has 2 aromatic rings. The van der Waals surface area contributed by atoms with E-state index in [0.717, 1.165) is 34.3 Å². The van der Waals surface area contributed by atoms with Crippen molar-refractivity contribution in [1.82, 2.24) is 4.98 Å². The highest BCUT2D eigenvalue weighted by molar-refractivity contribution is 5.95. The number of benzene rings is 1. The van der Waals surface area contributed by atoms with Gasteiger partial charge < -0.3 is 10.1 Å². The van der Waals surface area contributed by atoms with Crippen molar-refractivity contribution in [3.05, 3.63) is 35.5 Å². The van der Waals surface area contributed by atoms with Crippen LogP contribution in [0.2, 0.25) is 0 Å². The van der Waals surface area contributed by atoms with E-state index in [1.165, 1.54) is 7.11 Å². The van der Waals surface area contributed by atoms with Crippen LogP contribution in [0.15, 0.2) is 24.3 Å². The van der Waals surface area contributed by atoms with E-state index in [2.05, 4.69) is 51.0 Å². The number of nitrogens with one attached hydrogen (secondary N) is 1. The van der Waals surface area contributed by atoms with Crippen LogP contribution in [-0.4, -0.2) is 23.6 Å². The van der Waals surface area contributed by atoms with Gasteiger partial charge >= 0.3 is 5.97 Å². The molecule has 136 valence electrons. The molecule has 1 heterocycles. The number of rotatable bonds is 5. The Morgan fingerprint density at radius 2 is 1.80 bits per heavy atom. The first-order valence-corrected chi connectivity index (χ1v) is 8.76. The van der Waals surface area contributed by atoms with Gasteiger partial charge in [0, 0.05) is 27.9 Å². The van der Waals surface area contributed by atoms with Gasteiger partial charge in [-0.05, 0) is 38.7 Å². The summed E-state index contributed by atoms with van der Waals surface area (Å²) in [5, 5.41) is 4.75. The Morgan fingerprint density at radius 1 is 1.16 bits per heavy atom. The highest BCUT2D eigenvalue weighted by Crippen LogP contribution is 2.35. The fourth-order valence-corrected chi connectivity index (χ4v) is 3.66. The average Bonchev–Trinajstić information content (AvgIpc) is 2.47. The zero-order valence-electron chi connectivity index (χ0n) is 16.5. The quantitative estimate of drug-likeness (QED) is 0.786. The van der Waals surface area contributed by atoms with Gasteiger partial charge in [0.25, 0.3) is 0 Å². The van der Waals surface area contributed by atoms with E-state index in [4.69, 9.17) is 4.74 Å². The lowest BCUT2D eigenvalue weighted by atomic mass is 9.81. The molecule has 0 radical (unpaired) electrons. The lowest BCUT2D eigenvalue weighted by molar-refractivity contribution is -0.139. The predicted octanol–water partition coefficient (Wildman–Crippen LogP) is 4.89. The number of ether oxygens (including phenoxy) is 1. The molecule has 0 aliphatic rings. The number of aryl methyl sites for hydroxylation is 1. The molecule has 0 unspecified atom stereocenters. The van der Waals surface area contributed by atoms with E-state index >= 15 is 0 Å². The Balaban J connectivity index is 2.57. The molecule has 0 aliphatic heterocycles. The third-order valence-corrected chi connectivity index (χ3v) is 4.18. The van der Waals surface area contributed by atoms with Crippen LogP contribution in [0.25, 0.3) is 10.9 Å². The van der Waals surface area contributed by atoms with Gasteiger partial charge in [-0.1, -0.05) is 39.0 Å². The van der Waals surface area contributed by atoms with Crippen LogP contribution in [0, 0.1) is 12.3 Å². The number of aromatic nitrogens is 1. The maximum atomic E-state index is 11.9. The number of esters is 1. The number of methoxy groups -OCH3 is 1. The standard InChI is InChI=1S/C21H30N2O2/c1-14-16(12-18(24)25-7)19(15-10-8-9-11-17(15)22-14)23-21(5,6)13-20(2,3)4/h8-11H,12-13H2,1-7H3,(H,22,23). The van der Waals surface area contributed by atoms with Gasteiger partial charge in [-0.3, -0.25) is 9.78 Å². The summed E-state index contributed by atoms with van der Waals surface area (Å²) in [6.07, 6.45) is 1.21. The number of carbonyl (C=O) groups excluding carboxylic acids is 1. The van der Waals surface area contributed by atoms with Crippen molar-refractivity contribution >= 4 is 22.6 Å². The smallest absolute Gasteiger partial charge is 0.310 e. The van der Waals surface area contributed by atoms with Crippen molar-refractivity contribution in [1.29, 1.82) is 0 Å². The molecule has 0 spiro atoms. The highest BCUT2D eigenvalue weighted by Gasteiger charge is 2.27. The fourth-order valence-electron chi connectivity index (χ4n) is 3.66. The zero-order valence-corrected chi connectivity index (χ0v) is 16.5. The molecule has 25 heavy (non-hydrogen) atoms. The van der Waals surface area contributed by atoms with E-state index in [1.54, 1.807) is 0 Å². The van der Waals surface area contributed by atoms with E-state index in [-0.39, 0.29) is 23.3 Å². The van der Waals surface area contributed by atoms with E-state index < -0.39 is 0 Å². The van der Waals surface area contributed by atoms with Gasteiger partial charge in [-0.25, -0.2) is 0 Å². The van der Waals surface area contributed by atoms with Crippen molar-refractivity contribution in [2.45, 2.75) is 59.9 Å². The van der Waals surface area contributed by atoms with Crippen molar-refractivity contribution in [2.75, 3.05) is 12.4 Å². The minimum Gasteiger partial charge on any atom is -0.469 e. The zero-order chi connectivity index (χ0) is 18.8. The largest absolute Gasteiger partial charge is 0.469 e. The summed E-state index contributed by atoms with van der Waals surface area (Å²) < 4.78 is 4.89. The Hall–Kier alpha value is -2.10. The molecular formula is C21H30N2O2. The van der Waals surface area contributed by atoms with E-state index in [9.17, 15) is 4.79 Å². The summed E-state index contributed by atoms with van der Waals surface area (Å²) >= 11 is 0. The molecule has 0 saturated carbocycles. The number of hydrogen-bond donors (Lipinski definition) is 1. The summed E-state index contributed by atoms with van der Waals surface area (Å²) in [6, 6.07) is 8.05. The van der Waals surface area contributed by atoms with Crippen LogP contribution in [0.5, 0.6) is 0 Å². The van der Waals surface area contributed by atoms with Gasteiger partial charge in [0.15, 0.2) is 0 Å². The second-order valence-corrected chi connectivity index (χ2v) is 8.57. The minimum atomic E-state index is -0.253. The van der Waals surface area contributed by atoms with Crippen LogP contribution in [0.3, 0.4) is 0 Å².